The second-order valence-electron chi connectivity index (χ2n) is 11.6. The Morgan fingerprint density at radius 3 is 2.44 bits per heavy atom. The molecule has 0 spiro atoms. The van der Waals surface area contributed by atoms with Crippen LogP contribution in [0.15, 0.2) is 72.9 Å². The maximum Gasteiger partial charge on any atom is 0.229 e. The summed E-state index contributed by atoms with van der Waals surface area (Å²) in [5.74, 6) is 0.478. The van der Waals surface area contributed by atoms with Crippen LogP contribution in [0, 0.1) is 26.2 Å². The second kappa shape index (κ2) is 11.0. The zero-order valence-electron chi connectivity index (χ0n) is 24.6. The van der Waals surface area contributed by atoms with E-state index in [1.54, 1.807) is 7.11 Å². The van der Waals surface area contributed by atoms with Crippen molar-refractivity contribution in [3.63, 3.8) is 0 Å². The summed E-state index contributed by atoms with van der Waals surface area (Å²) in [7, 11) is 1.61. The van der Waals surface area contributed by atoms with E-state index in [1.165, 1.54) is 5.56 Å². The minimum atomic E-state index is -0.537. The molecule has 3 heterocycles. The quantitative estimate of drug-likeness (QED) is 0.245. The molecule has 1 aliphatic rings. The number of hydrogen-bond acceptors (Lipinski definition) is 4. The van der Waals surface area contributed by atoms with E-state index in [0.717, 1.165) is 34.0 Å². The van der Waals surface area contributed by atoms with Crippen molar-refractivity contribution in [2.75, 3.05) is 17.3 Å². The van der Waals surface area contributed by atoms with Crippen molar-refractivity contribution in [1.29, 1.82) is 0 Å². The van der Waals surface area contributed by atoms with Gasteiger partial charge in [0.05, 0.1) is 30.6 Å². The number of ether oxygens (including phenoxy) is 1. The molecule has 1 fully saturated rings. The van der Waals surface area contributed by atoms with E-state index >= 15 is 0 Å². The lowest BCUT2D eigenvalue weighted by Crippen LogP contribution is -2.30. The van der Waals surface area contributed by atoms with Crippen LogP contribution in [-0.2, 0) is 4.79 Å². The molecule has 0 aliphatic carbocycles. The number of carbonyl (C=O) groups excluding carboxylic acids is 1. The van der Waals surface area contributed by atoms with Gasteiger partial charge in [-0.3, -0.25) is 9.78 Å². The standard InChI is InChI=1S/C33H37N5O2S/c1-20-11-10-12-23(17-20)37-21(2)18-25(22(37)3)30-29(27-13-8-9-16-34-27)36-32(41)38(30)24-14-15-26(28(19-24)40-7)35-31(39)33(4,5)6/h8-19,29-30H,1-7H3,(H,35,39)(H,36,41). The first-order valence-corrected chi connectivity index (χ1v) is 14.2. The highest BCUT2D eigenvalue weighted by Crippen LogP contribution is 2.45. The summed E-state index contributed by atoms with van der Waals surface area (Å²) in [5, 5.41) is 7.15. The Morgan fingerprint density at radius 2 is 1.78 bits per heavy atom. The molecule has 1 aliphatic heterocycles. The highest BCUT2D eigenvalue weighted by atomic mass is 32.1. The third kappa shape index (κ3) is 5.44. The molecule has 212 valence electrons. The van der Waals surface area contributed by atoms with Crippen LogP contribution in [0.5, 0.6) is 5.75 Å². The molecule has 7 nitrogen and oxygen atoms in total. The Bertz CT molecular complexity index is 1610. The molecule has 1 saturated heterocycles. The molecule has 2 aromatic carbocycles. The lowest BCUT2D eigenvalue weighted by molar-refractivity contribution is -0.123. The van der Waals surface area contributed by atoms with Crippen molar-refractivity contribution in [3.05, 3.63) is 101 Å². The van der Waals surface area contributed by atoms with E-state index < -0.39 is 5.41 Å². The van der Waals surface area contributed by atoms with Gasteiger partial charge in [-0.15, -0.1) is 0 Å². The van der Waals surface area contributed by atoms with Crippen LogP contribution in [0.25, 0.3) is 5.69 Å². The summed E-state index contributed by atoms with van der Waals surface area (Å²) >= 11 is 5.97. The lowest BCUT2D eigenvalue weighted by Gasteiger charge is -2.29. The molecular formula is C33H37N5O2S. The normalized spacial score (nSPS) is 17.0. The van der Waals surface area contributed by atoms with Gasteiger partial charge in [0.15, 0.2) is 5.11 Å². The van der Waals surface area contributed by atoms with Crippen molar-refractivity contribution in [3.8, 4) is 11.4 Å². The van der Waals surface area contributed by atoms with Gasteiger partial charge in [0, 0.05) is 40.4 Å². The fraction of sp³-hybridized carbons (Fsp3) is 0.303. The molecule has 2 aromatic heterocycles. The molecule has 0 saturated carbocycles. The molecule has 4 aromatic rings. The Hall–Kier alpha value is -4.17. The number of carbonyl (C=O) groups is 1. The number of thiocarbonyl (C=S) groups is 1. The molecule has 5 rings (SSSR count). The van der Waals surface area contributed by atoms with Crippen molar-refractivity contribution in [2.45, 2.75) is 53.6 Å². The SMILES string of the molecule is COc1cc(N2C(=S)NC(c3ccccn3)C2c2cc(C)n(-c3cccc(C)c3)c2C)ccc1NC(=O)C(C)(C)C. The summed E-state index contributed by atoms with van der Waals surface area (Å²) in [5.41, 5.74) is 7.60. The number of anilines is 2. The van der Waals surface area contributed by atoms with Gasteiger partial charge in [-0.2, -0.15) is 0 Å². The number of pyridine rings is 1. The highest BCUT2D eigenvalue weighted by Gasteiger charge is 2.42. The number of methoxy groups -OCH3 is 1. The molecule has 2 N–H and O–H groups in total. The zero-order chi connectivity index (χ0) is 29.5. The Morgan fingerprint density at radius 1 is 1.00 bits per heavy atom. The van der Waals surface area contributed by atoms with Crippen molar-refractivity contribution in [2.24, 2.45) is 5.41 Å². The van der Waals surface area contributed by atoms with Gasteiger partial charge in [0.1, 0.15) is 5.75 Å². The van der Waals surface area contributed by atoms with Gasteiger partial charge in [-0.1, -0.05) is 39.0 Å². The molecule has 0 bridgehead atoms. The van der Waals surface area contributed by atoms with Crippen LogP contribution in [0.2, 0.25) is 0 Å². The first-order valence-electron chi connectivity index (χ1n) is 13.8. The van der Waals surface area contributed by atoms with Crippen LogP contribution < -0.4 is 20.3 Å². The number of rotatable bonds is 6. The molecule has 2 atom stereocenters. The number of hydrogen-bond donors (Lipinski definition) is 2. The van der Waals surface area contributed by atoms with Gasteiger partial charge in [-0.05, 0) is 86.6 Å². The smallest absolute Gasteiger partial charge is 0.229 e. The average Bonchev–Trinajstić information content (AvgIpc) is 3.43. The van der Waals surface area contributed by atoms with E-state index in [1.807, 2.05) is 63.4 Å². The van der Waals surface area contributed by atoms with Crippen LogP contribution in [0.1, 0.15) is 61.1 Å². The maximum absolute atomic E-state index is 12.7. The maximum atomic E-state index is 12.7. The van der Waals surface area contributed by atoms with Crippen molar-refractivity contribution >= 4 is 34.6 Å². The molecule has 41 heavy (non-hydrogen) atoms. The van der Waals surface area contributed by atoms with E-state index in [-0.39, 0.29) is 18.0 Å². The molecule has 0 radical (unpaired) electrons. The Labute approximate surface area is 247 Å². The summed E-state index contributed by atoms with van der Waals surface area (Å²) < 4.78 is 8.04. The molecule has 1 amide bonds. The van der Waals surface area contributed by atoms with E-state index in [0.29, 0.717) is 16.5 Å². The van der Waals surface area contributed by atoms with Gasteiger partial charge < -0.3 is 24.8 Å². The summed E-state index contributed by atoms with van der Waals surface area (Å²) in [6.07, 6.45) is 1.81. The van der Waals surface area contributed by atoms with Crippen LogP contribution in [0.3, 0.4) is 0 Å². The number of aromatic nitrogens is 2. The topological polar surface area (TPSA) is 71.4 Å². The minimum Gasteiger partial charge on any atom is -0.494 e. The zero-order valence-corrected chi connectivity index (χ0v) is 25.5. The first kappa shape index (κ1) is 28.4. The lowest BCUT2D eigenvalue weighted by atomic mass is 9.95. The molecule has 2 unspecified atom stereocenters. The molecular weight excluding hydrogens is 530 g/mol. The Kier molecular flexibility index (Phi) is 7.62. The van der Waals surface area contributed by atoms with Gasteiger partial charge in [-0.25, -0.2) is 0 Å². The Balaban J connectivity index is 1.63. The van der Waals surface area contributed by atoms with Crippen LogP contribution >= 0.6 is 12.2 Å². The van der Waals surface area contributed by atoms with E-state index in [4.69, 9.17) is 21.9 Å². The number of aryl methyl sites for hydroxylation is 2. The summed E-state index contributed by atoms with van der Waals surface area (Å²) in [6.45, 7) is 12.0. The number of nitrogens with zero attached hydrogens (tertiary/aromatic N) is 3. The van der Waals surface area contributed by atoms with Crippen molar-refractivity contribution < 1.29 is 9.53 Å². The second-order valence-corrected chi connectivity index (χ2v) is 12.0. The van der Waals surface area contributed by atoms with Crippen LogP contribution in [0.4, 0.5) is 11.4 Å². The number of amides is 1. The number of nitrogens with one attached hydrogen (secondary N) is 2. The fourth-order valence-electron chi connectivity index (χ4n) is 5.44. The third-order valence-electron chi connectivity index (χ3n) is 7.54. The van der Waals surface area contributed by atoms with Crippen LogP contribution in [-0.4, -0.2) is 27.7 Å². The summed E-state index contributed by atoms with van der Waals surface area (Å²) in [6, 6.07) is 22.2. The predicted molar refractivity (Wildman–Crippen MR) is 169 cm³/mol. The molecule has 8 heteroatoms. The van der Waals surface area contributed by atoms with Gasteiger partial charge >= 0.3 is 0 Å². The summed E-state index contributed by atoms with van der Waals surface area (Å²) in [4.78, 5) is 19.6. The van der Waals surface area contributed by atoms with Gasteiger partial charge in [0.2, 0.25) is 5.91 Å². The third-order valence-corrected chi connectivity index (χ3v) is 7.85. The van der Waals surface area contributed by atoms with Gasteiger partial charge in [0.25, 0.3) is 0 Å². The van der Waals surface area contributed by atoms with E-state index in [9.17, 15) is 4.79 Å². The van der Waals surface area contributed by atoms with E-state index in [2.05, 4.69) is 71.2 Å². The average molecular weight is 568 g/mol. The minimum absolute atomic E-state index is 0.0846. The fourth-order valence-corrected chi connectivity index (χ4v) is 5.79. The largest absolute Gasteiger partial charge is 0.494 e. The number of benzene rings is 2. The van der Waals surface area contributed by atoms with Crippen molar-refractivity contribution in [1.82, 2.24) is 14.9 Å². The monoisotopic (exact) mass is 567 g/mol. The highest BCUT2D eigenvalue weighted by molar-refractivity contribution is 7.80. The first-order chi connectivity index (χ1) is 19.5. The predicted octanol–water partition coefficient (Wildman–Crippen LogP) is 6.97.